The zero-order valence-corrected chi connectivity index (χ0v) is 11.5. The van der Waals surface area contributed by atoms with E-state index in [-0.39, 0.29) is 0 Å². The molecular formula is C16H13N3O3. The average Bonchev–Trinajstić information content (AvgIpc) is 3.24. The van der Waals surface area contributed by atoms with E-state index in [0.29, 0.717) is 11.1 Å². The zero-order valence-electron chi connectivity index (χ0n) is 11.5. The first-order valence-electron chi connectivity index (χ1n) is 6.42. The molecule has 2 aromatic heterocycles. The fourth-order valence-electron chi connectivity index (χ4n) is 1.56. The lowest BCUT2D eigenvalue weighted by atomic mass is 10.1. The van der Waals surface area contributed by atoms with Gasteiger partial charge in [0.15, 0.2) is 0 Å². The number of ether oxygens (including phenoxy) is 1. The third-order valence-electron chi connectivity index (χ3n) is 2.52. The molecule has 0 amide bonds. The molecule has 110 valence electrons. The molecule has 3 heterocycles. The second-order valence-electron chi connectivity index (χ2n) is 4.01. The van der Waals surface area contributed by atoms with Gasteiger partial charge in [-0.25, -0.2) is 14.6 Å². The Kier molecular flexibility index (Phi) is 5.57. The molecule has 0 aliphatic carbocycles. The van der Waals surface area contributed by atoms with Gasteiger partial charge in [-0.3, -0.25) is 4.98 Å². The van der Waals surface area contributed by atoms with Crippen LogP contribution in [0.5, 0.6) is 0 Å². The molecule has 0 unspecified atom stereocenters. The van der Waals surface area contributed by atoms with Gasteiger partial charge in [0.2, 0.25) is 0 Å². The molecule has 0 fully saturated rings. The predicted molar refractivity (Wildman–Crippen MR) is 79.0 cm³/mol. The van der Waals surface area contributed by atoms with E-state index in [1.807, 2.05) is 18.2 Å². The van der Waals surface area contributed by atoms with E-state index in [9.17, 15) is 9.59 Å². The van der Waals surface area contributed by atoms with E-state index in [1.54, 1.807) is 55.4 Å². The van der Waals surface area contributed by atoms with Gasteiger partial charge >= 0.3 is 11.9 Å². The highest BCUT2D eigenvalue weighted by atomic mass is 16.6. The van der Waals surface area contributed by atoms with Crippen molar-refractivity contribution < 1.29 is 14.3 Å². The van der Waals surface area contributed by atoms with Crippen molar-refractivity contribution in [1.82, 2.24) is 15.0 Å². The Morgan fingerprint density at radius 3 is 1.73 bits per heavy atom. The summed E-state index contributed by atoms with van der Waals surface area (Å²) in [5, 5.41) is 0. The quantitative estimate of drug-likeness (QED) is 0.508. The number of H-pyrrole nitrogens is 1. The van der Waals surface area contributed by atoms with Crippen LogP contribution >= 0.6 is 0 Å². The topological polar surface area (TPSA) is 84.9 Å². The first kappa shape index (κ1) is 15.1. The lowest BCUT2D eigenvalue weighted by molar-refractivity contribution is 0.0444. The number of aromatic amines is 1. The van der Waals surface area contributed by atoms with Crippen LogP contribution in [0, 0.1) is 0 Å². The molecule has 0 atom stereocenters. The molecule has 6 nitrogen and oxygen atoms in total. The molecule has 1 aromatic carbocycles. The van der Waals surface area contributed by atoms with Gasteiger partial charge in [0.25, 0.3) is 0 Å². The molecule has 0 radical (unpaired) electrons. The summed E-state index contributed by atoms with van der Waals surface area (Å²) >= 11 is 0. The summed E-state index contributed by atoms with van der Waals surface area (Å²) in [6, 6.07) is 12.2. The number of rotatable bonds is 0. The third-order valence-corrected chi connectivity index (χ3v) is 2.52. The second kappa shape index (κ2) is 8.11. The monoisotopic (exact) mass is 295 g/mol. The molecular weight excluding hydrogens is 282 g/mol. The number of nitrogens with zero attached hydrogens (tertiary/aromatic N) is 2. The fourth-order valence-corrected chi connectivity index (χ4v) is 1.56. The number of hydrogen-bond acceptors (Lipinski definition) is 5. The molecule has 0 saturated carbocycles. The minimum Gasteiger partial charge on any atom is -0.386 e. The second-order valence-corrected chi connectivity index (χ2v) is 4.01. The van der Waals surface area contributed by atoms with Gasteiger partial charge in [-0.15, -0.1) is 0 Å². The first-order chi connectivity index (χ1) is 10.8. The molecule has 0 spiro atoms. The summed E-state index contributed by atoms with van der Waals surface area (Å²) in [5.41, 5.74) is 0.718. The third kappa shape index (κ3) is 4.38. The number of nitrogens with one attached hydrogen (secondary N) is 1. The molecule has 1 aliphatic heterocycles. The smallest absolute Gasteiger partial charge is 0.346 e. The van der Waals surface area contributed by atoms with Crippen LogP contribution in [0.2, 0.25) is 0 Å². The number of aromatic nitrogens is 3. The standard InChI is InChI=1S/C8H4O3.C5H5N.C3H4N2/c9-7-5-3-1-2-4-6(5)8(10)11-7;1-2-4-6-5-3-1;1-2-5-3-4-1/h1-4H;1-5H;1-3H,(H,4,5). The molecule has 1 aliphatic rings. The molecule has 0 bridgehead atoms. The van der Waals surface area contributed by atoms with Crippen LogP contribution in [-0.4, -0.2) is 26.9 Å². The molecule has 3 aromatic rings. The van der Waals surface area contributed by atoms with Crippen LogP contribution in [0.25, 0.3) is 0 Å². The van der Waals surface area contributed by atoms with Crippen LogP contribution in [0.3, 0.4) is 0 Å². The van der Waals surface area contributed by atoms with Crippen molar-refractivity contribution in [2.75, 3.05) is 0 Å². The summed E-state index contributed by atoms with van der Waals surface area (Å²) in [6.45, 7) is 0. The van der Waals surface area contributed by atoms with E-state index in [0.717, 1.165) is 0 Å². The van der Waals surface area contributed by atoms with Crippen molar-refractivity contribution in [2.45, 2.75) is 0 Å². The maximum absolute atomic E-state index is 10.8. The van der Waals surface area contributed by atoms with Gasteiger partial charge in [0.05, 0.1) is 17.5 Å². The summed E-state index contributed by atoms with van der Waals surface area (Å²) in [4.78, 5) is 31.9. The predicted octanol–water partition coefficient (Wildman–Crippen LogP) is 2.49. The van der Waals surface area contributed by atoms with E-state index in [1.165, 1.54) is 0 Å². The van der Waals surface area contributed by atoms with Gasteiger partial charge in [-0.2, -0.15) is 0 Å². The maximum atomic E-state index is 10.8. The number of esters is 2. The van der Waals surface area contributed by atoms with Crippen LogP contribution in [0.4, 0.5) is 0 Å². The van der Waals surface area contributed by atoms with Crippen molar-refractivity contribution in [2.24, 2.45) is 0 Å². The SMILES string of the molecule is O=C1OC(=O)c2ccccc21.c1c[nH]cn1.c1ccncc1. The highest BCUT2D eigenvalue weighted by molar-refractivity contribution is 6.14. The average molecular weight is 295 g/mol. The molecule has 0 saturated heterocycles. The number of benzene rings is 1. The molecule has 6 heteroatoms. The number of pyridine rings is 1. The maximum Gasteiger partial charge on any atom is 0.346 e. The van der Waals surface area contributed by atoms with Gasteiger partial charge in [-0.1, -0.05) is 18.2 Å². The minimum atomic E-state index is -0.550. The van der Waals surface area contributed by atoms with Crippen molar-refractivity contribution in [3.05, 3.63) is 84.7 Å². The summed E-state index contributed by atoms with van der Waals surface area (Å²) in [7, 11) is 0. The van der Waals surface area contributed by atoms with Crippen molar-refractivity contribution >= 4 is 11.9 Å². The van der Waals surface area contributed by atoms with Gasteiger partial charge in [0.1, 0.15) is 0 Å². The lowest BCUT2D eigenvalue weighted by Gasteiger charge is -1.86. The minimum absolute atomic E-state index is 0.359. The van der Waals surface area contributed by atoms with Crippen molar-refractivity contribution in [3.8, 4) is 0 Å². The first-order valence-corrected chi connectivity index (χ1v) is 6.42. The molecule has 4 rings (SSSR count). The number of imidazole rings is 1. The van der Waals surface area contributed by atoms with Gasteiger partial charge < -0.3 is 9.72 Å². The highest BCUT2D eigenvalue weighted by Crippen LogP contribution is 2.18. The number of cyclic esters (lactones) is 2. The number of hydrogen-bond donors (Lipinski definition) is 1. The Balaban J connectivity index is 0.000000135. The Hall–Kier alpha value is -3.28. The largest absolute Gasteiger partial charge is 0.386 e. The summed E-state index contributed by atoms with van der Waals surface area (Å²) in [5.74, 6) is -1.10. The number of carbonyl (C=O) groups excluding carboxylic acids is 2. The lowest BCUT2D eigenvalue weighted by Crippen LogP contribution is -1.96. The van der Waals surface area contributed by atoms with Crippen LogP contribution < -0.4 is 0 Å². The van der Waals surface area contributed by atoms with E-state index >= 15 is 0 Å². The summed E-state index contributed by atoms with van der Waals surface area (Å²) < 4.78 is 4.35. The van der Waals surface area contributed by atoms with Crippen LogP contribution in [0.15, 0.2) is 73.6 Å². The van der Waals surface area contributed by atoms with Crippen LogP contribution in [-0.2, 0) is 4.74 Å². The molecule has 1 N–H and O–H groups in total. The Labute approximate surface area is 126 Å². The van der Waals surface area contributed by atoms with E-state index in [2.05, 4.69) is 19.7 Å². The Bertz CT molecular complexity index is 636. The Morgan fingerprint density at radius 2 is 1.41 bits per heavy atom. The number of carbonyl (C=O) groups is 2. The van der Waals surface area contributed by atoms with Crippen LogP contribution in [0.1, 0.15) is 20.7 Å². The Morgan fingerprint density at radius 1 is 0.773 bits per heavy atom. The normalized spacial score (nSPS) is 11.3. The zero-order chi connectivity index (χ0) is 15.6. The van der Waals surface area contributed by atoms with Crippen molar-refractivity contribution in [3.63, 3.8) is 0 Å². The van der Waals surface area contributed by atoms with Gasteiger partial charge in [-0.05, 0) is 24.3 Å². The number of fused-ring (bicyclic) bond motifs is 1. The van der Waals surface area contributed by atoms with E-state index in [4.69, 9.17) is 0 Å². The summed E-state index contributed by atoms with van der Waals surface area (Å²) in [6.07, 6.45) is 8.58. The van der Waals surface area contributed by atoms with E-state index < -0.39 is 11.9 Å². The van der Waals surface area contributed by atoms with Gasteiger partial charge in [0, 0.05) is 24.8 Å². The molecule has 22 heavy (non-hydrogen) atoms. The highest BCUT2D eigenvalue weighted by Gasteiger charge is 2.28. The van der Waals surface area contributed by atoms with Crippen molar-refractivity contribution in [1.29, 1.82) is 0 Å². The fraction of sp³-hybridized carbons (Fsp3) is 0.